The third kappa shape index (κ3) is 4.81. The van der Waals surface area contributed by atoms with Crippen LogP contribution >= 0.6 is 0 Å². The normalized spacial score (nSPS) is 18.6. The summed E-state index contributed by atoms with van der Waals surface area (Å²) in [7, 11) is 0. The molecule has 1 amide bonds. The molecule has 3 rings (SSSR count). The molecule has 0 unspecified atom stereocenters. The van der Waals surface area contributed by atoms with Gasteiger partial charge in [-0.05, 0) is 71.7 Å². The molecule has 0 radical (unpaired) electrons. The van der Waals surface area contributed by atoms with Crippen LogP contribution in [0.4, 0.5) is 0 Å². The van der Waals surface area contributed by atoms with E-state index in [9.17, 15) is 9.59 Å². The van der Waals surface area contributed by atoms with Crippen LogP contribution in [0.5, 0.6) is 5.75 Å². The quantitative estimate of drug-likeness (QED) is 0.771. The molecule has 0 atom stereocenters. The van der Waals surface area contributed by atoms with Crippen LogP contribution in [0.3, 0.4) is 0 Å². The van der Waals surface area contributed by atoms with Gasteiger partial charge < -0.3 is 19.8 Å². The van der Waals surface area contributed by atoms with Crippen molar-refractivity contribution in [2.45, 2.75) is 78.4 Å². The largest absolute Gasteiger partial charge is 0.483 e. The van der Waals surface area contributed by atoms with Gasteiger partial charge in [-0.15, -0.1) is 0 Å². The lowest BCUT2D eigenvalue weighted by atomic mass is 9.79. The van der Waals surface area contributed by atoms with Crippen LogP contribution in [0, 0.1) is 20.8 Å². The van der Waals surface area contributed by atoms with Gasteiger partial charge in [0, 0.05) is 24.4 Å². The fraction of sp³-hybridized carbons (Fsp3) is 0.565. The molecule has 1 aliphatic heterocycles. The maximum absolute atomic E-state index is 12.6. The molecule has 0 spiro atoms. The minimum Gasteiger partial charge on any atom is -0.483 e. The van der Waals surface area contributed by atoms with Crippen molar-refractivity contribution in [3.05, 3.63) is 39.2 Å². The highest BCUT2D eigenvalue weighted by atomic mass is 16.5. The van der Waals surface area contributed by atoms with E-state index in [1.165, 1.54) is 0 Å². The summed E-state index contributed by atoms with van der Waals surface area (Å²) in [4.78, 5) is 24.6. The molecule has 1 aliphatic rings. The number of quaternary nitrogens is 1. The second kappa shape index (κ2) is 7.48. The minimum absolute atomic E-state index is 0.0722. The molecule has 0 bridgehead atoms. The van der Waals surface area contributed by atoms with Crippen molar-refractivity contribution in [2.75, 3.05) is 6.61 Å². The smallest absolute Gasteiger partial charge is 0.339 e. The Balaban J connectivity index is 1.76. The molecule has 1 aromatic carbocycles. The fourth-order valence-corrected chi connectivity index (χ4v) is 4.83. The zero-order valence-electron chi connectivity index (χ0n) is 18.6. The van der Waals surface area contributed by atoms with Crippen LogP contribution in [0.15, 0.2) is 21.3 Å². The second-order valence-corrected chi connectivity index (χ2v) is 9.86. The summed E-state index contributed by atoms with van der Waals surface area (Å²) < 4.78 is 11.3. The Bertz CT molecular complexity index is 988. The molecule has 2 heterocycles. The van der Waals surface area contributed by atoms with E-state index < -0.39 is 0 Å². The predicted octanol–water partition coefficient (Wildman–Crippen LogP) is 2.50. The first kappa shape index (κ1) is 21.4. The summed E-state index contributed by atoms with van der Waals surface area (Å²) in [6.45, 7) is 14.3. The minimum atomic E-state index is -0.344. The Hall–Kier alpha value is -2.34. The molecule has 158 valence electrons. The van der Waals surface area contributed by atoms with Gasteiger partial charge in [-0.2, -0.15) is 0 Å². The van der Waals surface area contributed by atoms with Crippen LogP contribution in [-0.2, 0) is 4.79 Å². The molecular weight excluding hydrogens is 368 g/mol. The number of ether oxygens (including phenoxy) is 1. The molecule has 6 heteroatoms. The monoisotopic (exact) mass is 401 g/mol. The average molecular weight is 402 g/mol. The van der Waals surface area contributed by atoms with Crippen molar-refractivity contribution in [2.24, 2.45) is 0 Å². The number of nitrogens with two attached hydrogens (primary N) is 1. The van der Waals surface area contributed by atoms with Gasteiger partial charge in [-0.3, -0.25) is 4.79 Å². The number of aryl methyl sites for hydroxylation is 2. The van der Waals surface area contributed by atoms with Crippen LogP contribution < -0.4 is 21.0 Å². The lowest BCUT2D eigenvalue weighted by molar-refractivity contribution is -0.787. The lowest BCUT2D eigenvalue weighted by Gasteiger charge is -2.43. The number of benzene rings is 1. The van der Waals surface area contributed by atoms with E-state index in [-0.39, 0.29) is 35.3 Å². The van der Waals surface area contributed by atoms with Crippen LogP contribution in [0.25, 0.3) is 11.0 Å². The SMILES string of the molecule is Cc1cc(OCC(=O)NC2CC(C)(C)[NH2+]C(C)(C)C2)c2c(C)c(C)c(=O)oc2c1. The Morgan fingerprint density at radius 2 is 1.76 bits per heavy atom. The van der Waals surface area contributed by atoms with Gasteiger partial charge in [0.2, 0.25) is 0 Å². The highest BCUT2D eigenvalue weighted by Gasteiger charge is 2.42. The number of rotatable bonds is 4. The molecule has 6 nitrogen and oxygen atoms in total. The summed E-state index contributed by atoms with van der Waals surface area (Å²) in [5, 5.41) is 6.27. The van der Waals surface area contributed by atoms with E-state index in [4.69, 9.17) is 9.15 Å². The first-order chi connectivity index (χ1) is 13.4. The maximum Gasteiger partial charge on any atom is 0.339 e. The number of hydrogen-bond donors (Lipinski definition) is 2. The van der Waals surface area contributed by atoms with E-state index >= 15 is 0 Å². The second-order valence-electron chi connectivity index (χ2n) is 9.86. The number of piperidine rings is 1. The van der Waals surface area contributed by atoms with Gasteiger partial charge in [-0.1, -0.05) is 0 Å². The van der Waals surface area contributed by atoms with Crippen molar-refractivity contribution in [1.82, 2.24) is 5.32 Å². The highest BCUT2D eigenvalue weighted by molar-refractivity contribution is 5.88. The lowest BCUT2D eigenvalue weighted by Crippen LogP contribution is -3.06. The summed E-state index contributed by atoms with van der Waals surface area (Å²) in [6.07, 6.45) is 1.83. The molecule has 1 aromatic heterocycles. The number of nitrogens with one attached hydrogen (secondary N) is 1. The number of amides is 1. The molecule has 0 saturated carbocycles. The maximum atomic E-state index is 12.6. The van der Waals surface area contributed by atoms with Crippen molar-refractivity contribution in [3.63, 3.8) is 0 Å². The Morgan fingerprint density at radius 1 is 1.14 bits per heavy atom. The summed E-state index contributed by atoms with van der Waals surface area (Å²) in [6, 6.07) is 3.82. The van der Waals surface area contributed by atoms with Gasteiger partial charge in [0.05, 0.1) is 16.5 Å². The number of carbonyl (C=O) groups is 1. The van der Waals surface area contributed by atoms with E-state index in [0.717, 1.165) is 29.4 Å². The number of hydrogen-bond acceptors (Lipinski definition) is 4. The van der Waals surface area contributed by atoms with Crippen molar-refractivity contribution in [3.8, 4) is 5.75 Å². The Kier molecular flexibility index (Phi) is 5.52. The zero-order chi connectivity index (χ0) is 21.6. The zero-order valence-corrected chi connectivity index (χ0v) is 18.6. The Labute approximate surface area is 172 Å². The van der Waals surface area contributed by atoms with Crippen LogP contribution in [-0.4, -0.2) is 29.6 Å². The molecule has 29 heavy (non-hydrogen) atoms. The predicted molar refractivity (Wildman–Crippen MR) is 113 cm³/mol. The highest BCUT2D eigenvalue weighted by Crippen LogP contribution is 2.31. The average Bonchev–Trinajstić information content (AvgIpc) is 2.54. The van der Waals surface area contributed by atoms with Crippen molar-refractivity contribution in [1.29, 1.82) is 0 Å². The molecule has 2 aromatic rings. The van der Waals surface area contributed by atoms with Crippen molar-refractivity contribution < 1.29 is 19.3 Å². The summed E-state index contributed by atoms with van der Waals surface area (Å²) in [5.41, 5.74) is 2.59. The van der Waals surface area contributed by atoms with Gasteiger partial charge in [-0.25, -0.2) is 4.79 Å². The molecule has 1 fully saturated rings. The van der Waals surface area contributed by atoms with Gasteiger partial charge in [0.1, 0.15) is 11.3 Å². The Morgan fingerprint density at radius 3 is 2.38 bits per heavy atom. The number of carbonyl (C=O) groups excluding carboxylic acids is 1. The number of fused-ring (bicyclic) bond motifs is 1. The van der Waals surface area contributed by atoms with Gasteiger partial charge in [0.15, 0.2) is 6.61 Å². The van der Waals surface area contributed by atoms with Crippen LogP contribution in [0.2, 0.25) is 0 Å². The first-order valence-electron chi connectivity index (χ1n) is 10.2. The van der Waals surface area contributed by atoms with E-state index in [0.29, 0.717) is 16.9 Å². The van der Waals surface area contributed by atoms with Gasteiger partial charge >= 0.3 is 5.63 Å². The standard InChI is InChI=1S/C23H32N2O4/c1-13-8-17(20-14(2)15(3)21(27)29-18(20)9-13)28-12-19(26)24-16-10-22(4,5)25-23(6,7)11-16/h8-9,16,25H,10-12H2,1-7H3,(H,24,26)/p+1. The fourth-order valence-electron chi connectivity index (χ4n) is 4.83. The van der Waals surface area contributed by atoms with Gasteiger partial charge in [0.25, 0.3) is 5.91 Å². The van der Waals surface area contributed by atoms with E-state index in [2.05, 4.69) is 38.3 Å². The molecular formula is C23H33N2O4+. The van der Waals surface area contributed by atoms with E-state index in [1.54, 1.807) is 6.92 Å². The molecule has 0 aliphatic carbocycles. The van der Waals surface area contributed by atoms with Crippen LogP contribution in [0.1, 0.15) is 57.2 Å². The van der Waals surface area contributed by atoms with E-state index in [1.807, 2.05) is 26.0 Å². The third-order valence-corrected chi connectivity index (χ3v) is 5.71. The summed E-state index contributed by atoms with van der Waals surface area (Å²) in [5.74, 6) is 0.432. The molecule has 1 saturated heterocycles. The molecule has 3 N–H and O–H groups in total. The topological polar surface area (TPSA) is 85.1 Å². The van der Waals surface area contributed by atoms with Crippen molar-refractivity contribution >= 4 is 16.9 Å². The first-order valence-corrected chi connectivity index (χ1v) is 10.2. The summed E-state index contributed by atoms with van der Waals surface area (Å²) >= 11 is 0. The third-order valence-electron chi connectivity index (χ3n) is 5.71.